The van der Waals surface area contributed by atoms with Crippen molar-refractivity contribution in [3.8, 4) is 0 Å². The largest absolute Gasteiger partial charge is 0.299 e. The third-order valence-electron chi connectivity index (χ3n) is 0.949. The van der Waals surface area contributed by atoms with Crippen LogP contribution in [0, 0.1) is 0 Å². The number of carbonyl (C=O) groups excluding carboxylic acids is 1. The molecule has 0 fully saturated rings. The molecule has 0 aromatic rings. The van der Waals surface area contributed by atoms with Crippen molar-refractivity contribution in [2.45, 2.75) is 0 Å². The van der Waals surface area contributed by atoms with Crippen LogP contribution in [-0.2, 0) is 4.79 Å². The summed E-state index contributed by atoms with van der Waals surface area (Å²) in [5.74, 6) is 0. The summed E-state index contributed by atoms with van der Waals surface area (Å²) in [5.41, 5.74) is 0.972. The van der Waals surface area contributed by atoms with Crippen molar-refractivity contribution >= 4 is 6.29 Å². The molecule has 0 heterocycles. The monoisotopic (exact) mass is 106 g/mol. The van der Waals surface area contributed by atoms with E-state index in [0.29, 0.717) is 0 Å². The molecule has 0 N–H and O–H groups in total. The Morgan fingerprint density at radius 2 is 1.88 bits per heavy atom. The molecule has 0 amide bonds. The summed E-state index contributed by atoms with van der Waals surface area (Å²) < 4.78 is 0. The van der Waals surface area contributed by atoms with Gasteiger partial charge in [0.2, 0.25) is 0 Å². The van der Waals surface area contributed by atoms with Crippen LogP contribution in [0.15, 0.2) is 36.0 Å². The number of allylic oxidation sites excluding steroid dienone is 6. The number of hydrogen-bond acceptors (Lipinski definition) is 1. The van der Waals surface area contributed by atoms with Crippen molar-refractivity contribution in [2.75, 3.05) is 0 Å². The Bertz CT molecular complexity index is 159. The Kier molecular flexibility index (Phi) is 1.42. The fourth-order valence-corrected chi connectivity index (χ4v) is 0.579. The Balaban J connectivity index is 2.74. The van der Waals surface area contributed by atoms with E-state index < -0.39 is 0 Å². The zero-order valence-corrected chi connectivity index (χ0v) is 4.37. The van der Waals surface area contributed by atoms with Gasteiger partial charge in [-0.05, 0) is 11.6 Å². The Morgan fingerprint density at radius 1 is 1.25 bits per heavy atom. The van der Waals surface area contributed by atoms with Crippen molar-refractivity contribution < 1.29 is 4.79 Å². The first-order valence-electron chi connectivity index (χ1n) is 2.44. The van der Waals surface area contributed by atoms with Gasteiger partial charge in [0, 0.05) is 0 Å². The molecule has 0 radical (unpaired) electrons. The standard InChI is InChI=1S/C7H6O/c8-6-5-7-3-1-2-4-7/h1-6H. The maximum atomic E-state index is 9.82. The highest BCUT2D eigenvalue weighted by molar-refractivity contribution is 5.69. The number of aldehydes is 1. The Morgan fingerprint density at radius 3 is 2.38 bits per heavy atom. The topological polar surface area (TPSA) is 17.1 Å². The minimum absolute atomic E-state index is 0.787. The molecule has 1 rings (SSSR count). The molecule has 0 spiro atoms. The first-order valence-corrected chi connectivity index (χ1v) is 2.44. The first kappa shape index (κ1) is 5.04. The van der Waals surface area contributed by atoms with Crippen molar-refractivity contribution in [2.24, 2.45) is 0 Å². The van der Waals surface area contributed by atoms with Gasteiger partial charge >= 0.3 is 0 Å². The minimum Gasteiger partial charge on any atom is -0.299 e. The highest BCUT2D eigenvalue weighted by atomic mass is 16.1. The van der Waals surface area contributed by atoms with E-state index in [1.165, 1.54) is 6.08 Å². The van der Waals surface area contributed by atoms with Gasteiger partial charge in [0.15, 0.2) is 0 Å². The van der Waals surface area contributed by atoms with Crippen molar-refractivity contribution in [1.29, 1.82) is 0 Å². The van der Waals surface area contributed by atoms with E-state index in [-0.39, 0.29) is 0 Å². The minimum atomic E-state index is 0.787. The lowest BCUT2D eigenvalue weighted by Crippen LogP contribution is -1.65. The molecule has 0 aromatic carbocycles. The maximum absolute atomic E-state index is 9.82. The van der Waals surface area contributed by atoms with Crippen molar-refractivity contribution in [3.05, 3.63) is 36.0 Å². The van der Waals surface area contributed by atoms with Crippen LogP contribution >= 0.6 is 0 Å². The lowest BCUT2D eigenvalue weighted by molar-refractivity contribution is -0.104. The lowest BCUT2D eigenvalue weighted by atomic mass is 10.3. The molecule has 40 valence electrons. The van der Waals surface area contributed by atoms with E-state index in [9.17, 15) is 4.79 Å². The van der Waals surface area contributed by atoms with E-state index in [2.05, 4.69) is 0 Å². The Hall–Kier alpha value is -1.11. The second kappa shape index (κ2) is 2.26. The highest BCUT2D eigenvalue weighted by Gasteiger charge is 1.86. The summed E-state index contributed by atoms with van der Waals surface area (Å²) in [6.07, 6.45) is 9.88. The normalized spacial score (nSPS) is 14.8. The molecule has 1 aliphatic carbocycles. The predicted molar refractivity (Wildman–Crippen MR) is 32.4 cm³/mol. The average molecular weight is 106 g/mol. The van der Waals surface area contributed by atoms with Crippen LogP contribution in [0.4, 0.5) is 0 Å². The summed E-state index contributed by atoms with van der Waals surface area (Å²) in [4.78, 5) is 9.82. The van der Waals surface area contributed by atoms with Crippen LogP contribution in [0.25, 0.3) is 0 Å². The predicted octanol–water partition coefficient (Wildman–Crippen LogP) is 1.24. The van der Waals surface area contributed by atoms with Crippen LogP contribution in [0.5, 0.6) is 0 Å². The third kappa shape index (κ3) is 0.936. The van der Waals surface area contributed by atoms with Gasteiger partial charge in [-0.25, -0.2) is 0 Å². The van der Waals surface area contributed by atoms with Crippen LogP contribution in [-0.4, -0.2) is 6.29 Å². The quantitative estimate of drug-likeness (QED) is 0.363. The van der Waals surface area contributed by atoms with E-state index in [1.807, 2.05) is 24.3 Å². The van der Waals surface area contributed by atoms with Gasteiger partial charge in [-0.2, -0.15) is 0 Å². The van der Waals surface area contributed by atoms with E-state index in [1.54, 1.807) is 0 Å². The summed E-state index contributed by atoms with van der Waals surface area (Å²) in [7, 11) is 0. The molecule has 0 unspecified atom stereocenters. The van der Waals surface area contributed by atoms with Gasteiger partial charge in [0.1, 0.15) is 6.29 Å². The van der Waals surface area contributed by atoms with Crippen LogP contribution in [0.2, 0.25) is 0 Å². The number of carbonyl (C=O) groups is 1. The molecule has 0 aliphatic heterocycles. The molecule has 0 saturated carbocycles. The summed E-state index contributed by atoms with van der Waals surface area (Å²) in [5, 5.41) is 0. The highest BCUT2D eigenvalue weighted by Crippen LogP contribution is 2.04. The third-order valence-corrected chi connectivity index (χ3v) is 0.949. The summed E-state index contributed by atoms with van der Waals surface area (Å²) in [6.45, 7) is 0. The van der Waals surface area contributed by atoms with E-state index in [4.69, 9.17) is 0 Å². The second-order valence-electron chi connectivity index (χ2n) is 1.52. The fraction of sp³-hybridized carbons (Fsp3) is 0. The first-order chi connectivity index (χ1) is 3.93. The molecule has 0 bridgehead atoms. The molecule has 0 aromatic heterocycles. The second-order valence-corrected chi connectivity index (χ2v) is 1.52. The van der Waals surface area contributed by atoms with Gasteiger partial charge < -0.3 is 0 Å². The molecule has 0 saturated heterocycles. The SMILES string of the molecule is O=CC=C1C=CC=C1. The van der Waals surface area contributed by atoms with Gasteiger partial charge in [-0.15, -0.1) is 0 Å². The van der Waals surface area contributed by atoms with Crippen molar-refractivity contribution in [1.82, 2.24) is 0 Å². The van der Waals surface area contributed by atoms with Crippen LogP contribution < -0.4 is 0 Å². The van der Waals surface area contributed by atoms with Crippen molar-refractivity contribution in [3.63, 3.8) is 0 Å². The zero-order chi connectivity index (χ0) is 5.82. The van der Waals surface area contributed by atoms with Gasteiger partial charge in [0.05, 0.1) is 0 Å². The van der Waals surface area contributed by atoms with E-state index >= 15 is 0 Å². The van der Waals surface area contributed by atoms with Crippen LogP contribution in [0.1, 0.15) is 0 Å². The molecule has 8 heavy (non-hydrogen) atoms. The fourth-order valence-electron chi connectivity index (χ4n) is 0.579. The zero-order valence-electron chi connectivity index (χ0n) is 4.37. The smallest absolute Gasteiger partial charge is 0.143 e. The average Bonchev–Trinajstić information content (AvgIpc) is 2.19. The van der Waals surface area contributed by atoms with E-state index in [0.717, 1.165) is 11.9 Å². The summed E-state index contributed by atoms with van der Waals surface area (Å²) >= 11 is 0. The maximum Gasteiger partial charge on any atom is 0.143 e. The number of rotatable bonds is 1. The molecule has 0 atom stereocenters. The molecule has 1 aliphatic rings. The number of hydrogen-bond donors (Lipinski definition) is 0. The molecule has 1 heteroatoms. The van der Waals surface area contributed by atoms with Crippen LogP contribution in [0.3, 0.4) is 0 Å². The Labute approximate surface area is 48.0 Å². The molecular formula is C7H6O. The van der Waals surface area contributed by atoms with Gasteiger partial charge in [0.25, 0.3) is 0 Å². The lowest BCUT2D eigenvalue weighted by Gasteiger charge is -1.77. The molecule has 1 nitrogen and oxygen atoms in total. The van der Waals surface area contributed by atoms with Gasteiger partial charge in [-0.1, -0.05) is 24.3 Å². The molecular weight excluding hydrogens is 100 g/mol. The summed E-state index contributed by atoms with van der Waals surface area (Å²) in [6, 6.07) is 0. The van der Waals surface area contributed by atoms with Gasteiger partial charge in [-0.3, -0.25) is 4.79 Å².